The zero-order valence-corrected chi connectivity index (χ0v) is 12.4. The fourth-order valence-electron chi connectivity index (χ4n) is 2.55. The number of nitrogens with one attached hydrogen (secondary N) is 1. The number of carbonyl (C=O) groups is 1. The molecule has 2 heterocycles. The lowest BCUT2D eigenvalue weighted by atomic mass is 10.1. The Morgan fingerprint density at radius 3 is 2.76 bits per heavy atom. The minimum absolute atomic E-state index is 0.108. The highest BCUT2D eigenvalue weighted by Crippen LogP contribution is 2.17. The fourth-order valence-corrected chi connectivity index (χ4v) is 2.55. The molecule has 1 aromatic carbocycles. The monoisotopic (exact) mass is 280 g/mol. The number of anilines is 1. The van der Waals surface area contributed by atoms with Crippen molar-refractivity contribution in [3.63, 3.8) is 0 Å². The number of pyridine rings is 1. The van der Waals surface area contributed by atoms with E-state index in [0.717, 1.165) is 16.9 Å². The summed E-state index contributed by atoms with van der Waals surface area (Å²) < 4.78 is 3.83. The van der Waals surface area contributed by atoms with Crippen LogP contribution in [-0.2, 0) is 7.05 Å². The van der Waals surface area contributed by atoms with Gasteiger partial charge in [0.1, 0.15) is 6.20 Å². The van der Waals surface area contributed by atoms with Crippen LogP contribution in [0.3, 0.4) is 0 Å². The van der Waals surface area contributed by atoms with E-state index in [1.54, 1.807) is 0 Å². The Hall–Kier alpha value is -2.62. The van der Waals surface area contributed by atoms with Crippen LogP contribution < -0.4 is 9.88 Å². The number of amides is 1. The van der Waals surface area contributed by atoms with Gasteiger partial charge in [0, 0.05) is 11.8 Å². The molecule has 0 aliphatic heterocycles. The molecule has 0 fully saturated rings. The standard InChI is InChI=1S/C17H17N3O/c1-12-7-8-14(13(2)10-12)18-17(21)15-11-19(3)16-6-4-5-9-20(15)16/h4-11H,1-3H3/p+1. The van der Waals surface area contributed by atoms with Gasteiger partial charge in [-0.05, 0) is 31.5 Å². The second-order valence-corrected chi connectivity index (χ2v) is 5.33. The Morgan fingerprint density at radius 1 is 1.19 bits per heavy atom. The van der Waals surface area contributed by atoms with Crippen LogP contribution in [0.4, 0.5) is 5.69 Å². The number of rotatable bonds is 2. The van der Waals surface area contributed by atoms with Gasteiger partial charge in [0.25, 0.3) is 11.6 Å². The van der Waals surface area contributed by atoms with Crippen LogP contribution in [0.1, 0.15) is 21.6 Å². The van der Waals surface area contributed by atoms with Crippen LogP contribution in [0, 0.1) is 13.8 Å². The highest BCUT2D eigenvalue weighted by atomic mass is 16.1. The first-order chi connectivity index (χ1) is 10.1. The Kier molecular flexibility index (Phi) is 3.22. The molecule has 4 nitrogen and oxygen atoms in total. The topological polar surface area (TPSA) is 37.4 Å². The van der Waals surface area contributed by atoms with Gasteiger partial charge in [-0.3, -0.25) is 4.79 Å². The number of nitrogens with zero attached hydrogens (tertiary/aromatic N) is 2. The zero-order chi connectivity index (χ0) is 15.0. The second-order valence-electron chi connectivity index (χ2n) is 5.33. The zero-order valence-electron chi connectivity index (χ0n) is 12.4. The molecule has 0 aliphatic rings. The molecule has 0 saturated heterocycles. The molecular formula is C17H18N3O+. The van der Waals surface area contributed by atoms with Crippen molar-refractivity contribution in [3.05, 3.63) is 65.6 Å². The summed E-state index contributed by atoms with van der Waals surface area (Å²) in [6.07, 6.45) is 3.74. The summed E-state index contributed by atoms with van der Waals surface area (Å²) in [5.74, 6) is -0.108. The summed E-state index contributed by atoms with van der Waals surface area (Å²) in [5, 5.41) is 2.99. The lowest BCUT2D eigenvalue weighted by Gasteiger charge is -2.07. The van der Waals surface area contributed by atoms with E-state index in [1.807, 2.05) is 72.6 Å². The summed E-state index contributed by atoms with van der Waals surface area (Å²) in [6.45, 7) is 4.04. The van der Waals surface area contributed by atoms with E-state index in [2.05, 4.69) is 11.4 Å². The maximum absolute atomic E-state index is 12.5. The van der Waals surface area contributed by atoms with Gasteiger partial charge in [-0.2, -0.15) is 4.40 Å². The molecule has 0 bridgehead atoms. The summed E-state index contributed by atoms with van der Waals surface area (Å²) >= 11 is 0. The predicted molar refractivity (Wildman–Crippen MR) is 82.4 cm³/mol. The maximum Gasteiger partial charge on any atom is 0.299 e. The Balaban J connectivity index is 1.98. The average molecular weight is 280 g/mol. The molecule has 1 amide bonds. The molecule has 3 rings (SSSR count). The van der Waals surface area contributed by atoms with Crippen molar-refractivity contribution >= 4 is 17.2 Å². The van der Waals surface area contributed by atoms with E-state index >= 15 is 0 Å². The third-order valence-electron chi connectivity index (χ3n) is 3.64. The van der Waals surface area contributed by atoms with Crippen LogP contribution in [-0.4, -0.2) is 10.3 Å². The highest BCUT2D eigenvalue weighted by Gasteiger charge is 2.20. The van der Waals surface area contributed by atoms with Crippen LogP contribution >= 0.6 is 0 Å². The van der Waals surface area contributed by atoms with Crippen molar-refractivity contribution in [2.45, 2.75) is 13.8 Å². The molecule has 4 heteroatoms. The molecular weight excluding hydrogens is 262 g/mol. The summed E-state index contributed by atoms with van der Waals surface area (Å²) in [4.78, 5) is 12.5. The Bertz CT molecular complexity index is 833. The Labute approximate surface area is 123 Å². The van der Waals surface area contributed by atoms with E-state index in [9.17, 15) is 4.79 Å². The van der Waals surface area contributed by atoms with Crippen LogP contribution in [0.2, 0.25) is 0 Å². The van der Waals surface area contributed by atoms with Crippen LogP contribution in [0.15, 0.2) is 48.8 Å². The molecule has 21 heavy (non-hydrogen) atoms. The van der Waals surface area contributed by atoms with Gasteiger partial charge in [-0.25, -0.2) is 4.57 Å². The van der Waals surface area contributed by atoms with Gasteiger partial charge in [0.2, 0.25) is 5.69 Å². The van der Waals surface area contributed by atoms with E-state index in [1.165, 1.54) is 5.56 Å². The van der Waals surface area contributed by atoms with Gasteiger partial charge in [0.05, 0.1) is 13.2 Å². The maximum atomic E-state index is 12.5. The van der Waals surface area contributed by atoms with Gasteiger partial charge in [0.15, 0.2) is 0 Å². The Morgan fingerprint density at radius 2 is 2.00 bits per heavy atom. The molecule has 0 spiro atoms. The third-order valence-corrected chi connectivity index (χ3v) is 3.64. The van der Waals surface area contributed by atoms with E-state index in [-0.39, 0.29) is 5.91 Å². The van der Waals surface area contributed by atoms with Crippen molar-refractivity contribution in [2.24, 2.45) is 7.05 Å². The SMILES string of the molecule is Cc1ccc(NC(=O)c2c[n+](C)c3ccccn23)c(C)c1. The van der Waals surface area contributed by atoms with Crippen molar-refractivity contribution in [1.82, 2.24) is 4.40 Å². The molecule has 3 aromatic rings. The lowest BCUT2D eigenvalue weighted by molar-refractivity contribution is -0.644. The minimum atomic E-state index is -0.108. The highest BCUT2D eigenvalue weighted by molar-refractivity contribution is 6.03. The number of carbonyl (C=O) groups excluding carboxylic acids is 1. The molecule has 0 saturated carbocycles. The van der Waals surface area contributed by atoms with Gasteiger partial charge < -0.3 is 5.32 Å². The number of hydrogen-bond acceptors (Lipinski definition) is 1. The molecule has 1 N–H and O–H groups in total. The average Bonchev–Trinajstić information content (AvgIpc) is 2.80. The van der Waals surface area contributed by atoms with Crippen LogP contribution in [0.25, 0.3) is 5.65 Å². The third kappa shape index (κ3) is 2.40. The fraction of sp³-hybridized carbons (Fsp3) is 0.176. The van der Waals surface area contributed by atoms with Gasteiger partial charge in [-0.15, -0.1) is 0 Å². The molecule has 0 atom stereocenters. The molecule has 0 unspecified atom stereocenters. The first-order valence-electron chi connectivity index (χ1n) is 6.90. The van der Waals surface area contributed by atoms with E-state index < -0.39 is 0 Å². The summed E-state index contributed by atoms with van der Waals surface area (Å²) in [7, 11) is 1.93. The summed E-state index contributed by atoms with van der Waals surface area (Å²) in [6, 6.07) is 11.9. The molecule has 2 aromatic heterocycles. The predicted octanol–water partition coefficient (Wildman–Crippen LogP) is 2.63. The van der Waals surface area contributed by atoms with Crippen molar-refractivity contribution in [3.8, 4) is 0 Å². The normalized spacial score (nSPS) is 10.8. The number of fused-ring (bicyclic) bond motifs is 1. The number of aromatic nitrogens is 2. The number of imidazole rings is 1. The van der Waals surface area contributed by atoms with Gasteiger partial charge in [-0.1, -0.05) is 23.8 Å². The summed E-state index contributed by atoms with van der Waals surface area (Å²) in [5.41, 5.74) is 4.69. The second kappa shape index (κ2) is 5.05. The molecule has 0 radical (unpaired) electrons. The van der Waals surface area contributed by atoms with E-state index in [4.69, 9.17) is 0 Å². The molecule has 106 valence electrons. The van der Waals surface area contributed by atoms with Crippen molar-refractivity contribution in [1.29, 1.82) is 0 Å². The number of aryl methyl sites for hydroxylation is 3. The smallest absolute Gasteiger partial charge is 0.299 e. The van der Waals surface area contributed by atoms with Gasteiger partial charge >= 0.3 is 0 Å². The first kappa shape index (κ1) is 13.4. The van der Waals surface area contributed by atoms with Crippen LogP contribution in [0.5, 0.6) is 0 Å². The van der Waals surface area contributed by atoms with Crippen molar-refractivity contribution in [2.75, 3.05) is 5.32 Å². The largest absolute Gasteiger partial charge is 0.318 e. The van der Waals surface area contributed by atoms with Crippen molar-refractivity contribution < 1.29 is 9.36 Å². The lowest BCUT2D eigenvalue weighted by Crippen LogP contribution is -2.25. The number of hydrogen-bond donors (Lipinski definition) is 1. The molecule has 0 aliphatic carbocycles. The minimum Gasteiger partial charge on any atom is -0.318 e. The number of benzene rings is 1. The van der Waals surface area contributed by atoms with E-state index in [0.29, 0.717) is 5.69 Å². The quantitative estimate of drug-likeness (QED) is 0.720. The first-order valence-corrected chi connectivity index (χ1v) is 6.90.